The van der Waals surface area contributed by atoms with E-state index in [1.807, 2.05) is 6.92 Å². The van der Waals surface area contributed by atoms with Crippen molar-refractivity contribution in [2.24, 2.45) is 0 Å². The van der Waals surface area contributed by atoms with Crippen LogP contribution in [0, 0.1) is 6.92 Å². The van der Waals surface area contributed by atoms with Gasteiger partial charge in [0, 0.05) is 12.4 Å². The molecule has 0 saturated heterocycles. The zero-order valence-electron chi connectivity index (χ0n) is 10.6. The first-order valence-electron chi connectivity index (χ1n) is 5.74. The SMILES string of the molecule is Cc1cncc(NC(=O)Nc2cccnc2C(=O)O)c1. The molecule has 102 valence electrons. The van der Waals surface area contributed by atoms with Gasteiger partial charge in [-0.2, -0.15) is 0 Å². The monoisotopic (exact) mass is 272 g/mol. The summed E-state index contributed by atoms with van der Waals surface area (Å²) in [6, 6.07) is 4.18. The summed E-state index contributed by atoms with van der Waals surface area (Å²) < 4.78 is 0. The number of aromatic carboxylic acids is 1. The molecule has 0 bridgehead atoms. The smallest absolute Gasteiger partial charge is 0.356 e. The van der Waals surface area contributed by atoms with Crippen molar-refractivity contribution in [1.82, 2.24) is 9.97 Å². The fourth-order valence-electron chi connectivity index (χ4n) is 1.58. The predicted molar refractivity (Wildman–Crippen MR) is 72.8 cm³/mol. The lowest BCUT2D eigenvalue weighted by atomic mass is 10.3. The molecule has 2 aromatic rings. The summed E-state index contributed by atoms with van der Waals surface area (Å²) in [5.41, 5.74) is 1.32. The number of rotatable bonds is 3. The highest BCUT2D eigenvalue weighted by atomic mass is 16.4. The minimum absolute atomic E-state index is 0.123. The second-order valence-electron chi connectivity index (χ2n) is 4.03. The van der Waals surface area contributed by atoms with Gasteiger partial charge in [0.15, 0.2) is 5.69 Å². The van der Waals surface area contributed by atoms with Gasteiger partial charge >= 0.3 is 12.0 Å². The van der Waals surface area contributed by atoms with Gasteiger partial charge in [0.1, 0.15) is 0 Å². The average Bonchev–Trinajstić information content (AvgIpc) is 2.38. The Hall–Kier alpha value is -2.96. The van der Waals surface area contributed by atoms with Gasteiger partial charge in [0.2, 0.25) is 0 Å². The molecule has 7 heteroatoms. The number of carboxylic acid groups (broad SMARTS) is 1. The first-order chi connectivity index (χ1) is 9.56. The predicted octanol–water partition coefficient (Wildman–Crippen LogP) is 2.13. The van der Waals surface area contributed by atoms with Gasteiger partial charge in [-0.05, 0) is 30.7 Å². The van der Waals surface area contributed by atoms with Gasteiger partial charge in [0.25, 0.3) is 0 Å². The molecular formula is C13H12N4O3. The van der Waals surface area contributed by atoms with E-state index in [0.717, 1.165) is 5.56 Å². The van der Waals surface area contributed by atoms with E-state index in [-0.39, 0.29) is 11.4 Å². The van der Waals surface area contributed by atoms with Crippen LogP contribution in [0.15, 0.2) is 36.8 Å². The van der Waals surface area contributed by atoms with Crippen molar-refractivity contribution in [1.29, 1.82) is 0 Å². The molecule has 2 aromatic heterocycles. The molecule has 0 radical (unpaired) electrons. The number of anilines is 2. The average molecular weight is 272 g/mol. The normalized spacial score (nSPS) is 9.85. The van der Waals surface area contributed by atoms with Crippen molar-refractivity contribution in [3.05, 3.63) is 48.0 Å². The van der Waals surface area contributed by atoms with E-state index < -0.39 is 12.0 Å². The lowest BCUT2D eigenvalue weighted by Crippen LogP contribution is -2.21. The van der Waals surface area contributed by atoms with Gasteiger partial charge in [-0.1, -0.05) is 0 Å². The van der Waals surface area contributed by atoms with Gasteiger partial charge in [-0.25, -0.2) is 14.6 Å². The second kappa shape index (κ2) is 5.79. The summed E-state index contributed by atoms with van der Waals surface area (Å²) in [7, 11) is 0. The number of amides is 2. The van der Waals surface area contributed by atoms with Gasteiger partial charge in [-0.15, -0.1) is 0 Å². The molecular weight excluding hydrogens is 260 g/mol. The van der Waals surface area contributed by atoms with Gasteiger partial charge in [0.05, 0.1) is 17.6 Å². The highest BCUT2D eigenvalue weighted by Gasteiger charge is 2.13. The Morgan fingerprint density at radius 3 is 2.75 bits per heavy atom. The second-order valence-corrected chi connectivity index (χ2v) is 4.03. The summed E-state index contributed by atoms with van der Waals surface area (Å²) in [5.74, 6) is -1.21. The minimum Gasteiger partial charge on any atom is -0.476 e. The number of pyridine rings is 2. The lowest BCUT2D eigenvalue weighted by Gasteiger charge is -2.09. The third kappa shape index (κ3) is 3.29. The van der Waals surface area contributed by atoms with Crippen LogP contribution in [-0.2, 0) is 0 Å². The van der Waals surface area contributed by atoms with Crippen LogP contribution in [0.2, 0.25) is 0 Å². The number of carbonyl (C=O) groups excluding carboxylic acids is 1. The van der Waals surface area contributed by atoms with E-state index in [1.54, 1.807) is 12.3 Å². The molecule has 0 aliphatic heterocycles. The molecule has 20 heavy (non-hydrogen) atoms. The molecule has 0 aliphatic rings. The Labute approximate surface area is 114 Å². The van der Waals surface area contributed by atoms with Crippen molar-refractivity contribution in [3.8, 4) is 0 Å². The van der Waals surface area contributed by atoms with E-state index in [2.05, 4.69) is 20.6 Å². The molecule has 0 aliphatic carbocycles. The first kappa shape index (κ1) is 13.5. The van der Waals surface area contributed by atoms with Crippen LogP contribution in [-0.4, -0.2) is 27.1 Å². The number of nitrogens with zero attached hydrogens (tertiary/aromatic N) is 2. The van der Waals surface area contributed by atoms with Crippen molar-refractivity contribution in [3.63, 3.8) is 0 Å². The first-order valence-corrected chi connectivity index (χ1v) is 5.74. The summed E-state index contributed by atoms with van der Waals surface area (Å²) in [5, 5.41) is 14.0. The Morgan fingerprint density at radius 1 is 1.25 bits per heavy atom. The molecule has 0 saturated carbocycles. The van der Waals surface area contributed by atoms with Crippen molar-refractivity contribution < 1.29 is 14.7 Å². The maximum absolute atomic E-state index is 11.8. The van der Waals surface area contributed by atoms with E-state index in [1.165, 1.54) is 24.5 Å². The number of nitrogens with one attached hydrogen (secondary N) is 2. The van der Waals surface area contributed by atoms with Crippen LogP contribution in [0.4, 0.5) is 16.2 Å². The fourth-order valence-corrected chi connectivity index (χ4v) is 1.58. The highest BCUT2D eigenvalue weighted by Crippen LogP contribution is 2.13. The number of aromatic nitrogens is 2. The van der Waals surface area contributed by atoms with Crippen LogP contribution in [0.3, 0.4) is 0 Å². The van der Waals surface area contributed by atoms with Gasteiger partial charge in [-0.3, -0.25) is 4.98 Å². The summed E-state index contributed by atoms with van der Waals surface area (Å²) >= 11 is 0. The van der Waals surface area contributed by atoms with E-state index in [0.29, 0.717) is 5.69 Å². The van der Waals surface area contributed by atoms with Crippen molar-refractivity contribution in [2.75, 3.05) is 10.6 Å². The molecule has 0 fully saturated rings. The summed E-state index contributed by atoms with van der Waals surface area (Å²) in [6.07, 6.45) is 4.50. The molecule has 3 N–H and O–H groups in total. The maximum Gasteiger partial charge on any atom is 0.356 e. The molecule has 7 nitrogen and oxygen atoms in total. The minimum atomic E-state index is -1.21. The quantitative estimate of drug-likeness (QED) is 0.793. The van der Waals surface area contributed by atoms with Crippen LogP contribution in [0.5, 0.6) is 0 Å². The number of hydrogen-bond donors (Lipinski definition) is 3. The van der Waals surface area contributed by atoms with Crippen LogP contribution in [0.1, 0.15) is 16.1 Å². The number of carboxylic acids is 1. The molecule has 2 rings (SSSR count). The molecule has 0 aromatic carbocycles. The molecule has 2 amide bonds. The fraction of sp³-hybridized carbons (Fsp3) is 0.0769. The Balaban J connectivity index is 2.11. The molecule has 0 atom stereocenters. The number of urea groups is 1. The Morgan fingerprint density at radius 2 is 2.05 bits per heavy atom. The summed E-state index contributed by atoms with van der Waals surface area (Å²) in [6.45, 7) is 1.85. The molecule has 2 heterocycles. The third-order valence-electron chi connectivity index (χ3n) is 2.39. The third-order valence-corrected chi connectivity index (χ3v) is 2.39. The zero-order valence-corrected chi connectivity index (χ0v) is 10.6. The lowest BCUT2D eigenvalue weighted by molar-refractivity contribution is 0.0692. The van der Waals surface area contributed by atoms with Crippen molar-refractivity contribution in [2.45, 2.75) is 6.92 Å². The number of carbonyl (C=O) groups is 2. The number of aryl methyl sites for hydroxylation is 1. The topological polar surface area (TPSA) is 104 Å². The van der Waals surface area contributed by atoms with Crippen LogP contribution >= 0.6 is 0 Å². The summed E-state index contributed by atoms with van der Waals surface area (Å²) in [4.78, 5) is 30.4. The Bertz CT molecular complexity index is 658. The number of hydrogen-bond acceptors (Lipinski definition) is 4. The van der Waals surface area contributed by atoms with Crippen LogP contribution < -0.4 is 10.6 Å². The van der Waals surface area contributed by atoms with Crippen LogP contribution in [0.25, 0.3) is 0 Å². The largest absolute Gasteiger partial charge is 0.476 e. The van der Waals surface area contributed by atoms with E-state index >= 15 is 0 Å². The maximum atomic E-state index is 11.8. The van der Waals surface area contributed by atoms with E-state index in [4.69, 9.17) is 5.11 Å². The Kier molecular flexibility index (Phi) is 3.90. The van der Waals surface area contributed by atoms with E-state index in [9.17, 15) is 9.59 Å². The molecule has 0 spiro atoms. The van der Waals surface area contributed by atoms with Gasteiger partial charge < -0.3 is 15.7 Å². The zero-order chi connectivity index (χ0) is 14.5. The standard InChI is InChI=1S/C13H12N4O3/c1-8-5-9(7-14-6-8)16-13(20)17-10-3-2-4-15-11(10)12(18)19/h2-7H,1H3,(H,18,19)(H2,16,17,20). The highest BCUT2D eigenvalue weighted by molar-refractivity contribution is 6.03. The van der Waals surface area contributed by atoms with Crippen molar-refractivity contribution >= 4 is 23.4 Å². The molecule has 0 unspecified atom stereocenters.